The lowest BCUT2D eigenvalue weighted by Gasteiger charge is -2.41. The summed E-state index contributed by atoms with van der Waals surface area (Å²) in [5.41, 5.74) is 7.39. The Morgan fingerprint density at radius 1 is 1.03 bits per heavy atom. The van der Waals surface area contributed by atoms with Gasteiger partial charge in [-0.2, -0.15) is 13.2 Å². The number of alkyl halides is 3. The van der Waals surface area contributed by atoms with Crippen molar-refractivity contribution in [1.29, 1.82) is 0 Å². The van der Waals surface area contributed by atoms with Crippen molar-refractivity contribution in [2.24, 2.45) is 5.73 Å². The van der Waals surface area contributed by atoms with E-state index in [4.69, 9.17) is 5.73 Å². The summed E-state index contributed by atoms with van der Waals surface area (Å²) in [6.45, 7) is 2.99. The van der Waals surface area contributed by atoms with Gasteiger partial charge < -0.3 is 5.73 Å². The molecule has 2 atom stereocenters. The van der Waals surface area contributed by atoms with Crippen LogP contribution in [-0.2, 0) is 17.4 Å². The second kappa shape index (κ2) is 8.86. The predicted molar refractivity (Wildman–Crippen MR) is 127 cm³/mol. The highest BCUT2D eigenvalue weighted by atomic mass is 19.4. The Kier molecular flexibility index (Phi) is 5.99. The molecule has 5 rings (SSSR count). The molecule has 2 N–H and O–H groups in total. The second-order valence-corrected chi connectivity index (χ2v) is 9.64. The Balaban J connectivity index is 1.42. The number of piperidine rings is 1. The van der Waals surface area contributed by atoms with Crippen LogP contribution in [-0.4, -0.2) is 33.0 Å². The van der Waals surface area contributed by atoms with E-state index < -0.39 is 23.7 Å². The average Bonchev–Trinajstić information content (AvgIpc) is 3.13. The first-order chi connectivity index (χ1) is 16.7. The number of carbonyl (C=O) groups is 1. The van der Waals surface area contributed by atoms with Crippen LogP contribution < -0.4 is 11.4 Å². The number of para-hydroxylation sites is 2. The van der Waals surface area contributed by atoms with E-state index in [9.17, 15) is 22.8 Å². The van der Waals surface area contributed by atoms with Gasteiger partial charge in [0, 0.05) is 25.2 Å². The third-order valence-electron chi connectivity index (χ3n) is 7.70. The normalized spacial score (nSPS) is 20.6. The summed E-state index contributed by atoms with van der Waals surface area (Å²) in [7, 11) is 0. The third-order valence-corrected chi connectivity index (χ3v) is 7.70. The highest BCUT2D eigenvalue weighted by Crippen LogP contribution is 2.42. The number of hydrogen-bond donors (Lipinski definition) is 1. The van der Waals surface area contributed by atoms with Gasteiger partial charge in [0.15, 0.2) is 0 Å². The van der Waals surface area contributed by atoms with Crippen LogP contribution in [0.2, 0.25) is 0 Å². The van der Waals surface area contributed by atoms with Crippen LogP contribution in [0.4, 0.5) is 13.2 Å². The number of halogens is 3. The number of imidazole rings is 1. The fraction of sp³-hybridized carbons (Fsp3) is 0.462. The van der Waals surface area contributed by atoms with Crippen molar-refractivity contribution < 1.29 is 18.0 Å². The summed E-state index contributed by atoms with van der Waals surface area (Å²) in [6.07, 6.45) is -0.951. The molecule has 0 bridgehead atoms. The van der Waals surface area contributed by atoms with Crippen LogP contribution in [0, 0.1) is 0 Å². The van der Waals surface area contributed by atoms with Gasteiger partial charge in [0.05, 0.1) is 16.6 Å². The summed E-state index contributed by atoms with van der Waals surface area (Å²) in [6, 6.07) is 11.0. The largest absolute Gasteiger partial charge is 0.416 e. The quantitative estimate of drug-likeness (QED) is 0.587. The summed E-state index contributed by atoms with van der Waals surface area (Å²) in [5.74, 6) is -0.570. The molecule has 9 heteroatoms. The van der Waals surface area contributed by atoms with Gasteiger partial charge >= 0.3 is 11.9 Å². The number of likely N-dealkylation sites (tertiary alicyclic amines) is 1. The van der Waals surface area contributed by atoms with Gasteiger partial charge in [-0.25, -0.2) is 4.79 Å². The minimum Gasteiger partial charge on any atom is -0.368 e. The maximum Gasteiger partial charge on any atom is 0.416 e. The summed E-state index contributed by atoms with van der Waals surface area (Å²) in [5, 5.41) is 0. The van der Waals surface area contributed by atoms with Crippen molar-refractivity contribution in [2.45, 2.75) is 63.3 Å². The van der Waals surface area contributed by atoms with Gasteiger partial charge in [-0.05, 0) is 68.4 Å². The van der Waals surface area contributed by atoms with Gasteiger partial charge in [-0.3, -0.25) is 18.8 Å². The highest BCUT2D eigenvalue weighted by molar-refractivity contribution is 5.82. The van der Waals surface area contributed by atoms with Crippen LogP contribution in [0.5, 0.6) is 0 Å². The Hall–Kier alpha value is -3.07. The van der Waals surface area contributed by atoms with E-state index in [1.54, 1.807) is 11.5 Å². The number of hydrogen-bond acceptors (Lipinski definition) is 3. The zero-order valence-electron chi connectivity index (χ0n) is 19.6. The van der Waals surface area contributed by atoms with Crippen molar-refractivity contribution in [3.63, 3.8) is 0 Å². The zero-order chi connectivity index (χ0) is 24.9. The fourth-order valence-corrected chi connectivity index (χ4v) is 5.97. The lowest BCUT2D eigenvalue weighted by molar-refractivity contribution is -0.138. The second-order valence-electron chi connectivity index (χ2n) is 9.64. The lowest BCUT2D eigenvalue weighted by atomic mass is 9.83. The predicted octanol–water partition coefficient (Wildman–Crippen LogP) is 4.58. The molecule has 2 unspecified atom stereocenters. The van der Waals surface area contributed by atoms with E-state index in [-0.39, 0.29) is 17.8 Å². The van der Waals surface area contributed by atoms with E-state index >= 15 is 0 Å². The Labute approximate surface area is 201 Å². The van der Waals surface area contributed by atoms with E-state index in [0.717, 1.165) is 23.9 Å². The first-order valence-electron chi connectivity index (χ1n) is 12.1. The summed E-state index contributed by atoms with van der Waals surface area (Å²) < 4.78 is 44.0. The number of nitrogens with zero attached hydrogens (tertiary/aromatic N) is 3. The van der Waals surface area contributed by atoms with E-state index in [0.29, 0.717) is 43.4 Å². The van der Waals surface area contributed by atoms with Crippen LogP contribution in [0.25, 0.3) is 11.0 Å². The smallest absolute Gasteiger partial charge is 0.368 e. The summed E-state index contributed by atoms with van der Waals surface area (Å²) in [4.78, 5) is 27.5. The molecule has 2 aromatic carbocycles. The lowest BCUT2D eigenvalue weighted by Crippen LogP contribution is -2.41. The van der Waals surface area contributed by atoms with Gasteiger partial charge in [0.1, 0.15) is 6.04 Å². The number of amides is 1. The number of nitrogens with two attached hydrogens (primary N) is 1. The molecular formula is C26H29F3N4O2. The zero-order valence-corrected chi connectivity index (χ0v) is 19.6. The topological polar surface area (TPSA) is 73.3 Å². The maximum absolute atomic E-state index is 13.6. The fourth-order valence-electron chi connectivity index (χ4n) is 5.97. The number of fused-ring (bicyclic) bond motifs is 2. The minimum atomic E-state index is -4.35. The Morgan fingerprint density at radius 2 is 1.71 bits per heavy atom. The van der Waals surface area contributed by atoms with E-state index in [1.165, 1.54) is 16.7 Å². The molecule has 1 aromatic heterocycles. The molecule has 1 fully saturated rings. The molecule has 6 nitrogen and oxygen atoms in total. The van der Waals surface area contributed by atoms with E-state index in [1.807, 2.05) is 30.3 Å². The Morgan fingerprint density at radius 3 is 2.37 bits per heavy atom. The first-order valence-corrected chi connectivity index (χ1v) is 12.1. The Bertz CT molecular complexity index is 1320. The third kappa shape index (κ3) is 4.05. The molecule has 1 saturated heterocycles. The monoisotopic (exact) mass is 486 g/mol. The number of primary amides is 1. The standard InChI is InChI=1S/C26H29F3N4O2/c1-16(24(30)34)32-22-9-2-3-10-23(22)33(25(32)35)17-12-14-31(15-13-17)21-11-5-6-18-19(21)7-4-8-20(18)26(27,28)29/h2-4,7-10,16-17,21H,5-6,11-15H2,1H3,(H2,30,34). The molecule has 1 aliphatic carbocycles. The van der Waals surface area contributed by atoms with Crippen molar-refractivity contribution in [3.8, 4) is 0 Å². The highest BCUT2D eigenvalue weighted by Gasteiger charge is 2.38. The van der Waals surface area contributed by atoms with Crippen LogP contribution in [0.3, 0.4) is 0 Å². The minimum absolute atomic E-state index is 0.0463. The number of rotatable bonds is 4. The van der Waals surface area contributed by atoms with Gasteiger partial charge in [-0.1, -0.05) is 24.3 Å². The number of carbonyl (C=O) groups excluding carboxylic acids is 1. The molecule has 1 amide bonds. The maximum atomic E-state index is 13.6. The van der Waals surface area contributed by atoms with Gasteiger partial charge in [0.2, 0.25) is 5.91 Å². The molecule has 0 radical (unpaired) electrons. The van der Waals surface area contributed by atoms with E-state index in [2.05, 4.69) is 4.90 Å². The van der Waals surface area contributed by atoms with Crippen LogP contribution >= 0.6 is 0 Å². The van der Waals surface area contributed by atoms with Crippen molar-refractivity contribution in [1.82, 2.24) is 14.0 Å². The summed E-state index contributed by atoms with van der Waals surface area (Å²) >= 11 is 0. The van der Waals surface area contributed by atoms with Gasteiger partial charge in [0.25, 0.3) is 0 Å². The first kappa shape index (κ1) is 23.7. The molecule has 2 aliphatic rings. The SMILES string of the molecule is CC(C(N)=O)n1c(=O)n(C2CCN(C3CCCc4c3cccc4C(F)(F)F)CC2)c2ccccc21. The molecule has 0 saturated carbocycles. The van der Waals surface area contributed by atoms with Crippen LogP contribution in [0.15, 0.2) is 47.3 Å². The molecule has 0 spiro atoms. The van der Waals surface area contributed by atoms with Crippen LogP contribution in [0.1, 0.15) is 67.4 Å². The molecule has 2 heterocycles. The average molecular weight is 487 g/mol. The molecule has 3 aromatic rings. The van der Waals surface area contributed by atoms with Gasteiger partial charge in [-0.15, -0.1) is 0 Å². The van der Waals surface area contributed by atoms with Crippen molar-refractivity contribution >= 4 is 16.9 Å². The van der Waals surface area contributed by atoms with Crippen molar-refractivity contribution in [3.05, 3.63) is 69.6 Å². The molecular weight excluding hydrogens is 457 g/mol. The van der Waals surface area contributed by atoms with Crippen molar-refractivity contribution in [2.75, 3.05) is 13.1 Å². The number of aromatic nitrogens is 2. The molecule has 186 valence electrons. The molecule has 35 heavy (non-hydrogen) atoms. The molecule has 1 aliphatic heterocycles. The number of benzene rings is 2.